The molecule has 2 aliphatic rings. The molecule has 3 atom stereocenters. The lowest BCUT2D eigenvalue weighted by Crippen LogP contribution is -2.43. The number of fused-ring (bicyclic) bond motifs is 2. The number of hydrogen-bond acceptors (Lipinski definition) is 2. The Kier molecular flexibility index (Phi) is 2.77. The van der Waals surface area contributed by atoms with Crippen LogP contribution in [0.4, 0.5) is 0 Å². The maximum absolute atomic E-state index is 11.5. The van der Waals surface area contributed by atoms with Gasteiger partial charge in [0.05, 0.1) is 0 Å². The van der Waals surface area contributed by atoms with E-state index in [1.807, 2.05) is 0 Å². The van der Waals surface area contributed by atoms with Crippen LogP contribution in [0.15, 0.2) is 0 Å². The van der Waals surface area contributed by atoms with Gasteiger partial charge in [0.25, 0.3) is 0 Å². The summed E-state index contributed by atoms with van der Waals surface area (Å²) in [5.74, 6) is 0.681. The minimum atomic E-state index is 0.222. The summed E-state index contributed by atoms with van der Waals surface area (Å²) in [6.45, 7) is 4.16. The van der Waals surface area contributed by atoms with E-state index in [0.29, 0.717) is 30.5 Å². The molecule has 2 fully saturated rings. The average molecular weight is 196 g/mol. The summed E-state index contributed by atoms with van der Waals surface area (Å²) in [6, 6.07) is 1.63. The summed E-state index contributed by atoms with van der Waals surface area (Å²) in [5, 5.41) is 6.66. The molecule has 80 valence electrons. The third-order valence-corrected chi connectivity index (χ3v) is 3.24. The van der Waals surface area contributed by atoms with E-state index in [-0.39, 0.29) is 5.91 Å². The molecule has 1 amide bonds. The Labute approximate surface area is 85.6 Å². The summed E-state index contributed by atoms with van der Waals surface area (Å²) < 4.78 is 0. The lowest BCUT2D eigenvalue weighted by Gasteiger charge is -2.21. The SMILES string of the molecule is CC(C)CC(=O)NC1CC2CCC1N2. The maximum atomic E-state index is 11.5. The lowest BCUT2D eigenvalue weighted by atomic mass is 9.95. The molecule has 2 aliphatic heterocycles. The van der Waals surface area contributed by atoms with Crippen LogP contribution in [0, 0.1) is 5.92 Å². The highest BCUT2D eigenvalue weighted by molar-refractivity contribution is 5.76. The molecule has 0 aromatic carbocycles. The topological polar surface area (TPSA) is 41.1 Å². The van der Waals surface area contributed by atoms with Crippen molar-refractivity contribution in [1.29, 1.82) is 0 Å². The van der Waals surface area contributed by atoms with Crippen LogP contribution in [0.3, 0.4) is 0 Å². The molecule has 14 heavy (non-hydrogen) atoms. The van der Waals surface area contributed by atoms with E-state index in [0.717, 1.165) is 6.42 Å². The molecule has 3 nitrogen and oxygen atoms in total. The Balaban J connectivity index is 1.78. The number of nitrogens with one attached hydrogen (secondary N) is 2. The maximum Gasteiger partial charge on any atom is 0.220 e. The first-order valence-corrected chi connectivity index (χ1v) is 5.70. The van der Waals surface area contributed by atoms with Gasteiger partial charge in [0.15, 0.2) is 0 Å². The molecule has 2 heterocycles. The number of carbonyl (C=O) groups is 1. The molecule has 2 rings (SSSR count). The van der Waals surface area contributed by atoms with Crippen LogP contribution >= 0.6 is 0 Å². The molecule has 2 bridgehead atoms. The molecular formula is C11H20N2O. The van der Waals surface area contributed by atoms with E-state index in [1.54, 1.807) is 0 Å². The van der Waals surface area contributed by atoms with Crippen molar-refractivity contribution in [3.63, 3.8) is 0 Å². The first-order valence-electron chi connectivity index (χ1n) is 5.70. The van der Waals surface area contributed by atoms with Gasteiger partial charge in [-0.15, -0.1) is 0 Å². The highest BCUT2D eigenvalue weighted by Gasteiger charge is 2.39. The van der Waals surface area contributed by atoms with E-state index < -0.39 is 0 Å². The molecule has 0 aliphatic carbocycles. The van der Waals surface area contributed by atoms with Crippen molar-refractivity contribution < 1.29 is 4.79 Å². The second kappa shape index (κ2) is 3.89. The van der Waals surface area contributed by atoms with Gasteiger partial charge in [-0.05, 0) is 25.2 Å². The largest absolute Gasteiger partial charge is 0.352 e. The number of amides is 1. The van der Waals surface area contributed by atoms with E-state index in [1.165, 1.54) is 12.8 Å². The third-order valence-electron chi connectivity index (χ3n) is 3.24. The van der Waals surface area contributed by atoms with Gasteiger partial charge in [-0.2, -0.15) is 0 Å². The number of carbonyl (C=O) groups excluding carboxylic acids is 1. The summed E-state index contributed by atoms with van der Waals surface area (Å²) in [4.78, 5) is 11.5. The van der Waals surface area contributed by atoms with Crippen molar-refractivity contribution in [3.8, 4) is 0 Å². The Morgan fingerprint density at radius 3 is 2.79 bits per heavy atom. The normalized spacial score (nSPS) is 35.2. The standard InChI is InChI=1S/C11H20N2O/c1-7(2)5-11(14)13-10-6-8-3-4-9(10)12-8/h7-10,12H,3-6H2,1-2H3,(H,13,14). The first-order chi connectivity index (χ1) is 6.65. The fourth-order valence-corrected chi connectivity index (χ4v) is 2.62. The molecule has 3 unspecified atom stereocenters. The molecule has 2 N–H and O–H groups in total. The van der Waals surface area contributed by atoms with Crippen LogP contribution in [0.25, 0.3) is 0 Å². The van der Waals surface area contributed by atoms with Crippen LogP contribution in [0.2, 0.25) is 0 Å². The summed E-state index contributed by atoms with van der Waals surface area (Å²) in [6.07, 6.45) is 4.32. The highest BCUT2D eigenvalue weighted by Crippen LogP contribution is 2.28. The molecule has 0 saturated carbocycles. The molecule has 0 spiro atoms. The Morgan fingerprint density at radius 1 is 1.50 bits per heavy atom. The predicted molar refractivity (Wildman–Crippen MR) is 55.9 cm³/mol. The average Bonchev–Trinajstić information content (AvgIpc) is 2.62. The fourth-order valence-electron chi connectivity index (χ4n) is 2.62. The minimum absolute atomic E-state index is 0.222. The Morgan fingerprint density at radius 2 is 2.29 bits per heavy atom. The van der Waals surface area contributed by atoms with Crippen molar-refractivity contribution >= 4 is 5.91 Å². The van der Waals surface area contributed by atoms with Crippen LogP contribution < -0.4 is 10.6 Å². The smallest absolute Gasteiger partial charge is 0.220 e. The van der Waals surface area contributed by atoms with E-state index in [4.69, 9.17) is 0 Å². The van der Waals surface area contributed by atoms with Crippen LogP contribution in [-0.4, -0.2) is 24.0 Å². The van der Waals surface area contributed by atoms with E-state index in [9.17, 15) is 4.79 Å². The van der Waals surface area contributed by atoms with Gasteiger partial charge in [0, 0.05) is 24.5 Å². The zero-order valence-corrected chi connectivity index (χ0v) is 9.05. The zero-order valence-electron chi connectivity index (χ0n) is 9.05. The van der Waals surface area contributed by atoms with Gasteiger partial charge in [-0.1, -0.05) is 13.8 Å². The van der Waals surface area contributed by atoms with Crippen molar-refractivity contribution in [2.24, 2.45) is 5.92 Å². The van der Waals surface area contributed by atoms with Gasteiger partial charge >= 0.3 is 0 Å². The van der Waals surface area contributed by atoms with Crippen LogP contribution in [0.1, 0.15) is 39.5 Å². The van der Waals surface area contributed by atoms with Gasteiger partial charge in [-0.25, -0.2) is 0 Å². The first kappa shape index (κ1) is 9.97. The van der Waals surface area contributed by atoms with E-state index in [2.05, 4.69) is 24.5 Å². The molecule has 0 radical (unpaired) electrons. The minimum Gasteiger partial charge on any atom is -0.352 e. The van der Waals surface area contributed by atoms with Crippen molar-refractivity contribution in [1.82, 2.24) is 10.6 Å². The van der Waals surface area contributed by atoms with Gasteiger partial charge in [0.1, 0.15) is 0 Å². The lowest BCUT2D eigenvalue weighted by molar-refractivity contribution is -0.122. The molecule has 0 aromatic rings. The van der Waals surface area contributed by atoms with Crippen LogP contribution in [-0.2, 0) is 4.79 Å². The second-order valence-corrected chi connectivity index (χ2v) is 5.06. The van der Waals surface area contributed by atoms with E-state index >= 15 is 0 Å². The third kappa shape index (κ3) is 2.08. The molecule has 3 heteroatoms. The Bertz CT molecular complexity index is 227. The molecule has 2 saturated heterocycles. The van der Waals surface area contributed by atoms with Gasteiger partial charge < -0.3 is 10.6 Å². The zero-order chi connectivity index (χ0) is 10.1. The predicted octanol–water partition coefficient (Wildman–Crippen LogP) is 1.04. The van der Waals surface area contributed by atoms with Crippen molar-refractivity contribution in [2.75, 3.05) is 0 Å². The number of hydrogen-bond donors (Lipinski definition) is 2. The summed E-state index contributed by atoms with van der Waals surface area (Å²) in [5.41, 5.74) is 0. The van der Waals surface area contributed by atoms with Crippen molar-refractivity contribution in [3.05, 3.63) is 0 Å². The highest BCUT2D eigenvalue weighted by atomic mass is 16.1. The monoisotopic (exact) mass is 196 g/mol. The summed E-state index contributed by atoms with van der Waals surface area (Å²) >= 11 is 0. The van der Waals surface area contributed by atoms with Gasteiger partial charge in [0.2, 0.25) is 5.91 Å². The van der Waals surface area contributed by atoms with Crippen LogP contribution in [0.5, 0.6) is 0 Å². The molecular weight excluding hydrogens is 176 g/mol. The Hall–Kier alpha value is -0.570. The second-order valence-electron chi connectivity index (χ2n) is 5.06. The number of rotatable bonds is 3. The van der Waals surface area contributed by atoms with Gasteiger partial charge in [-0.3, -0.25) is 4.79 Å². The quantitative estimate of drug-likeness (QED) is 0.708. The summed E-state index contributed by atoms with van der Waals surface area (Å²) in [7, 11) is 0. The van der Waals surface area contributed by atoms with Crippen molar-refractivity contribution in [2.45, 2.75) is 57.7 Å². The fraction of sp³-hybridized carbons (Fsp3) is 0.909. The molecule has 0 aromatic heterocycles.